The van der Waals surface area contributed by atoms with Crippen molar-refractivity contribution in [1.29, 1.82) is 0 Å². The molecule has 2 saturated heterocycles. The second-order valence-corrected chi connectivity index (χ2v) is 7.45. The smallest absolute Gasteiger partial charge is 0.237 e. The lowest BCUT2D eigenvalue weighted by Gasteiger charge is -2.43. The first kappa shape index (κ1) is 18.4. The number of morpholine rings is 1. The van der Waals surface area contributed by atoms with E-state index in [4.69, 9.17) is 4.74 Å². The highest BCUT2D eigenvalue weighted by Crippen LogP contribution is 2.30. The summed E-state index contributed by atoms with van der Waals surface area (Å²) < 4.78 is 6.08. The Labute approximate surface area is 151 Å². The Balaban J connectivity index is 1.77. The number of benzene rings is 1. The van der Waals surface area contributed by atoms with Crippen LogP contribution in [0.3, 0.4) is 0 Å². The summed E-state index contributed by atoms with van der Waals surface area (Å²) in [5, 5.41) is 0. The Morgan fingerprint density at radius 2 is 1.84 bits per heavy atom. The molecule has 1 amide bonds. The lowest BCUT2D eigenvalue weighted by Crippen LogP contribution is -2.53. The number of rotatable bonds is 5. The van der Waals surface area contributed by atoms with Crippen molar-refractivity contribution in [3.8, 4) is 0 Å². The van der Waals surface area contributed by atoms with Crippen molar-refractivity contribution in [2.24, 2.45) is 0 Å². The number of likely N-dealkylation sites (tertiary alicyclic amines) is 1. The van der Waals surface area contributed by atoms with Gasteiger partial charge in [-0.15, -0.1) is 0 Å². The Bertz CT molecular complexity index is 543. The van der Waals surface area contributed by atoms with Crippen LogP contribution >= 0.6 is 0 Å². The van der Waals surface area contributed by atoms with Crippen LogP contribution in [0.15, 0.2) is 30.3 Å². The maximum Gasteiger partial charge on any atom is 0.237 e. The van der Waals surface area contributed by atoms with Crippen LogP contribution in [0.25, 0.3) is 0 Å². The molecule has 1 aromatic carbocycles. The van der Waals surface area contributed by atoms with Crippen LogP contribution in [0.2, 0.25) is 0 Å². The van der Waals surface area contributed by atoms with E-state index in [1.54, 1.807) is 0 Å². The van der Waals surface area contributed by atoms with Crippen LogP contribution in [-0.2, 0) is 9.53 Å². The molecule has 5 nitrogen and oxygen atoms in total. The second kappa shape index (κ2) is 8.79. The summed E-state index contributed by atoms with van der Waals surface area (Å²) in [6.45, 7) is 4.75. The number of amides is 1. The number of hydrogen-bond acceptors (Lipinski definition) is 4. The molecule has 0 unspecified atom stereocenters. The molecule has 0 N–H and O–H groups in total. The SMILES string of the molecule is CN(C)C[C@@H]1OCCN(C(=O)CN2CCCCC2)[C@H]1c1ccccc1. The highest BCUT2D eigenvalue weighted by atomic mass is 16.5. The molecule has 138 valence electrons. The maximum atomic E-state index is 13.1. The van der Waals surface area contributed by atoms with Crippen molar-refractivity contribution in [3.05, 3.63) is 35.9 Å². The summed E-state index contributed by atoms with van der Waals surface area (Å²) in [6.07, 6.45) is 3.72. The number of nitrogens with zero attached hydrogens (tertiary/aromatic N) is 3. The Hall–Kier alpha value is -1.43. The first-order valence-corrected chi connectivity index (χ1v) is 9.48. The number of likely N-dealkylation sites (N-methyl/N-ethyl adjacent to an activating group) is 1. The molecule has 25 heavy (non-hydrogen) atoms. The van der Waals surface area contributed by atoms with E-state index in [9.17, 15) is 4.79 Å². The normalized spacial score (nSPS) is 25.3. The first-order chi connectivity index (χ1) is 12.1. The van der Waals surface area contributed by atoms with Crippen molar-refractivity contribution in [1.82, 2.24) is 14.7 Å². The summed E-state index contributed by atoms with van der Waals surface area (Å²) >= 11 is 0. The standard InChI is InChI=1S/C20H31N3O2/c1-21(2)15-18-20(17-9-5-3-6-10-17)23(13-14-25-18)19(24)16-22-11-7-4-8-12-22/h3,5-6,9-10,18,20H,4,7-8,11-16H2,1-2H3/t18-,20-/m0/s1. The van der Waals surface area contributed by atoms with Crippen LogP contribution in [0.4, 0.5) is 0 Å². The van der Waals surface area contributed by atoms with E-state index in [0.717, 1.165) is 19.6 Å². The molecule has 2 fully saturated rings. The molecule has 2 aliphatic rings. The van der Waals surface area contributed by atoms with E-state index in [1.807, 2.05) is 18.2 Å². The summed E-state index contributed by atoms with van der Waals surface area (Å²) in [6, 6.07) is 10.3. The number of carbonyl (C=O) groups excluding carboxylic acids is 1. The van der Waals surface area contributed by atoms with Crippen molar-refractivity contribution >= 4 is 5.91 Å². The third kappa shape index (κ3) is 4.81. The first-order valence-electron chi connectivity index (χ1n) is 9.48. The topological polar surface area (TPSA) is 36.0 Å². The van der Waals surface area contributed by atoms with Gasteiger partial charge in [-0.2, -0.15) is 0 Å². The van der Waals surface area contributed by atoms with E-state index in [0.29, 0.717) is 19.7 Å². The van der Waals surface area contributed by atoms with Gasteiger partial charge in [-0.05, 0) is 45.6 Å². The summed E-state index contributed by atoms with van der Waals surface area (Å²) in [4.78, 5) is 19.6. The molecule has 0 saturated carbocycles. The predicted octanol–water partition coefficient (Wildman–Crippen LogP) is 2.00. The predicted molar refractivity (Wildman–Crippen MR) is 99.5 cm³/mol. The molecule has 2 atom stereocenters. The van der Waals surface area contributed by atoms with E-state index in [-0.39, 0.29) is 18.1 Å². The van der Waals surface area contributed by atoms with Gasteiger partial charge in [-0.1, -0.05) is 36.8 Å². The van der Waals surface area contributed by atoms with E-state index in [2.05, 4.69) is 40.9 Å². The summed E-state index contributed by atoms with van der Waals surface area (Å²) in [5.41, 5.74) is 1.17. The molecule has 0 aromatic heterocycles. The van der Waals surface area contributed by atoms with Crippen molar-refractivity contribution in [2.75, 3.05) is 53.4 Å². The van der Waals surface area contributed by atoms with Gasteiger partial charge in [-0.25, -0.2) is 0 Å². The van der Waals surface area contributed by atoms with Gasteiger partial charge < -0.3 is 14.5 Å². The van der Waals surface area contributed by atoms with Crippen molar-refractivity contribution < 1.29 is 9.53 Å². The van der Waals surface area contributed by atoms with Gasteiger partial charge in [0.15, 0.2) is 0 Å². The third-order valence-corrected chi connectivity index (χ3v) is 5.17. The fraction of sp³-hybridized carbons (Fsp3) is 0.650. The largest absolute Gasteiger partial charge is 0.373 e. The molecular formula is C20H31N3O2. The molecule has 0 aliphatic carbocycles. The Kier molecular flexibility index (Phi) is 6.45. The molecule has 0 radical (unpaired) electrons. The minimum absolute atomic E-state index is 0.00496. The molecule has 0 bridgehead atoms. The van der Waals surface area contributed by atoms with Crippen LogP contribution < -0.4 is 0 Å². The van der Waals surface area contributed by atoms with Gasteiger partial charge in [0.05, 0.1) is 25.3 Å². The summed E-state index contributed by atoms with van der Waals surface area (Å²) in [5.74, 6) is 0.239. The van der Waals surface area contributed by atoms with Crippen LogP contribution in [0, 0.1) is 0 Å². The van der Waals surface area contributed by atoms with E-state index < -0.39 is 0 Å². The molecular weight excluding hydrogens is 314 g/mol. The van der Waals surface area contributed by atoms with Gasteiger partial charge in [0.1, 0.15) is 0 Å². The average Bonchev–Trinajstić information content (AvgIpc) is 2.62. The van der Waals surface area contributed by atoms with Gasteiger partial charge >= 0.3 is 0 Å². The zero-order valence-electron chi connectivity index (χ0n) is 15.6. The minimum Gasteiger partial charge on any atom is -0.373 e. The minimum atomic E-state index is -0.00496. The average molecular weight is 345 g/mol. The van der Waals surface area contributed by atoms with Crippen molar-refractivity contribution in [3.63, 3.8) is 0 Å². The molecule has 5 heteroatoms. The van der Waals surface area contributed by atoms with Gasteiger partial charge in [-0.3, -0.25) is 9.69 Å². The zero-order valence-corrected chi connectivity index (χ0v) is 15.6. The number of hydrogen-bond donors (Lipinski definition) is 0. The van der Waals surface area contributed by atoms with Gasteiger partial charge in [0.2, 0.25) is 5.91 Å². The van der Waals surface area contributed by atoms with Gasteiger partial charge in [0.25, 0.3) is 0 Å². The fourth-order valence-corrected chi connectivity index (χ4v) is 3.97. The second-order valence-electron chi connectivity index (χ2n) is 7.45. The molecule has 3 rings (SSSR count). The van der Waals surface area contributed by atoms with E-state index in [1.165, 1.54) is 24.8 Å². The van der Waals surface area contributed by atoms with Crippen LogP contribution in [0.1, 0.15) is 30.9 Å². The summed E-state index contributed by atoms with van der Waals surface area (Å²) in [7, 11) is 4.11. The Morgan fingerprint density at radius 3 is 2.52 bits per heavy atom. The zero-order chi connectivity index (χ0) is 17.6. The van der Waals surface area contributed by atoms with E-state index >= 15 is 0 Å². The molecule has 2 heterocycles. The quantitative estimate of drug-likeness (QED) is 0.818. The number of piperidine rings is 1. The molecule has 2 aliphatic heterocycles. The highest BCUT2D eigenvalue weighted by molar-refractivity contribution is 5.79. The highest BCUT2D eigenvalue weighted by Gasteiger charge is 2.36. The fourth-order valence-electron chi connectivity index (χ4n) is 3.97. The molecule has 0 spiro atoms. The Morgan fingerprint density at radius 1 is 1.12 bits per heavy atom. The third-order valence-electron chi connectivity index (χ3n) is 5.17. The lowest BCUT2D eigenvalue weighted by molar-refractivity contribution is -0.149. The van der Waals surface area contributed by atoms with Crippen molar-refractivity contribution in [2.45, 2.75) is 31.4 Å². The van der Waals surface area contributed by atoms with Crippen LogP contribution in [0.5, 0.6) is 0 Å². The van der Waals surface area contributed by atoms with Gasteiger partial charge in [0, 0.05) is 13.1 Å². The van der Waals surface area contributed by atoms with Crippen LogP contribution in [-0.4, -0.2) is 80.1 Å². The molecule has 1 aromatic rings. The maximum absolute atomic E-state index is 13.1. The number of ether oxygens (including phenoxy) is 1. The lowest BCUT2D eigenvalue weighted by atomic mass is 9.97. The monoisotopic (exact) mass is 345 g/mol. The number of carbonyl (C=O) groups is 1.